The molecule has 1 unspecified atom stereocenters. The van der Waals surface area contributed by atoms with Crippen molar-refractivity contribution in [3.63, 3.8) is 0 Å². The molecule has 0 amide bonds. The van der Waals surface area contributed by atoms with Gasteiger partial charge in [0.2, 0.25) is 0 Å². The fraction of sp³-hybridized carbons (Fsp3) is 0.231. The lowest BCUT2D eigenvalue weighted by molar-refractivity contribution is 0.211. The molecule has 0 saturated heterocycles. The second-order valence-electron chi connectivity index (χ2n) is 3.94. The smallest absolute Gasteiger partial charge is 0.0847 e. The van der Waals surface area contributed by atoms with Crippen LogP contribution in [-0.2, 0) is 0 Å². The van der Waals surface area contributed by atoms with Crippen LogP contribution >= 0.6 is 23.2 Å². The Labute approximate surface area is 116 Å². The second-order valence-corrected chi connectivity index (χ2v) is 4.66. The maximum Gasteiger partial charge on any atom is 0.0847 e. The number of halogens is 2. The summed E-state index contributed by atoms with van der Waals surface area (Å²) in [6.07, 6.45) is 3.33. The lowest BCUT2D eigenvalue weighted by atomic mass is 10.2. The number of hydrogen-bond donors (Lipinski definition) is 2. The van der Waals surface area contributed by atoms with Crippen LogP contribution < -0.4 is 5.32 Å². The molecule has 2 N–H and O–H groups in total. The Balaban J connectivity index is 2.17. The SMILES string of the molecule is OC(CCl)CNc1cc(-n2cccc2)ccc1Cl. The van der Waals surface area contributed by atoms with E-state index in [0.717, 1.165) is 11.4 Å². The normalized spacial score (nSPS) is 12.4. The lowest BCUT2D eigenvalue weighted by Gasteiger charge is -2.13. The van der Waals surface area contributed by atoms with Crippen molar-refractivity contribution in [3.8, 4) is 5.69 Å². The van der Waals surface area contributed by atoms with Crippen molar-refractivity contribution < 1.29 is 5.11 Å². The third-order valence-electron chi connectivity index (χ3n) is 2.56. The summed E-state index contributed by atoms with van der Waals surface area (Å²) in [5.41, 5.74) is 1.79. The molecule has 1 atom stereocenters. The molecule has 2 rings (SSSR count). The standard InChI is InChI=1S/C13H14Cl2N2O/c14-8-11(18)9-16-13-7-10(3-4-12(13)15)17-5-1-2-6-17/h1-7,11,16,18H,8-9H2. The summed E-state index contributed by atoms with van der Waals surface area (Å²) in [4.78, 5) is 0. The second kappa shape index (κ2) is 6.14. The summed E-state index contributed by atoms with van der Waals surface area (Å²) in [6, 6.07) is 9.61. The van der Waals surface area contributed by atoms with Gasteiger partial charge in [0.1, 0.15) is 0 Å². The van der Waals surface area contributed by atoms with Crippen molar-refractivity contribution >= 4 is 28.9 Å². The van der Waals surface area contributed by atoms with Gasteiger partial charge in [-0.2, -0.15) is 0 Å². The minimum atomic E-state index is -0.585. The van der Waals surface area contributed by atoms with Gasteiger partial charge < -0.3 is 15.0 Å². The van der Waals surface area contributed by atoms with E-state index in [-0.39, 0.29) is 5.88 Å². The number of benzene rings is 1. The van der Waals surface area contributed by atoms with Crippen LogP contribution in [0.1, 0.15) is 0 Å². The van der Waals surface area contributed by atoms with E-state index in [1.165, 1.54) is 0 Å². The monoisotopic (exact) mass is 284 g/mol. The Bertz CT molecular complexity index is 500. The average molecular weight is 285 g/mol. The zero-order valence-corrected chi connectivity index (χ0v) is 11.2. The Morgan fingerprint density at radius 3 is 2.67 bits per heavy atom. The van der Waals surface area contributed by atoms with Crippen molar-refractivity contribution in [1.29, 1.82) is 0 Å². The number of hydrogen-bond acceptors (Lipinski definition) is 2. The van der Waals surface area contributed by atoms with E-state index < -0.39 is 6.10 Å². The van der Waals surface area contributed by atoms with Crippen LogP contribution in [0.25, 0.3) is 5.69 Å². The molecule has 0 saturated carbocycles. The summed E-state index contributed by atoms with van der Waals surface area (Å²) in [6.45, 7) is 0.373. The third kappa shape index (κ3) is 3.19. The van der Waals surface area contributed by atoms with Crippen LogP contribution in [0.15, 0.2) is 42.7 Å². The predicted molar refractivity (Wildman–Crippen MR) is 76.0 cm³/mol. The number of aliphatic hydroxyl groups excluding tert-OH is 1. The zero-order chi connectivity index (χ0) is 13.0. The Kier molecular flexibility index (Phi) is 4.53. The van der Waals surface area contributed by atoms with Crippen molar-refractivity contribution in [3.05, 3.63) is 47.7 Å². The first-order valence-corrected chi connectivity index (χ1v) is 6.53. The van der Waals surface area contributed by atoms with Crippen molar-refractivity contribution in [2.75, 3.05) is 17.7 Å². The van der Waals surface area contributed by atoms with E-state index in [1.807, 2.05) is 47.3 Å². The summed E-state index contributed by atoms with van der Waals surface area (Å²) < 4.78 is 1.99. The lowest BCUT2D eigenvalue weighted by Crippen LogP contribution is -2.20. The first-order valence-electron chi connectivity index (χ1n) is 5.61. The maximum absolute atomic E-state index is 9.42. The van der Waals surface area contributed by atoms with E-state index in [2.05, 4.69) is 5.32 Å². The van der Waals surface area contributed by atoms with Gasteiger partial charge in [0, 0.05) is 24.6 Å². The van der Waals surface area contributed by atoms with E-state index in [9.17, 15) is 5.11 Å². The summed E-state index contributed by atoms with van der Waals surface area (Å²) >= 11 is 11.6. The fourth-order valence-electron chi connectivity index (χ4n) is 1.60. The predicted octanol–water partition coefficient (Wildman–Crippen LogP) is 3.14. The minimum absolute atomic E-state index is 0.196. The van der Waals surface area contributed by atoms with Crippen LogP contribution in [0.4, 0.5) is 5.69 Å². The molecular weight excluding hydrogens is 271 g/mol. The summed E-state index contributed by atoms with van der Waals surface area (Å²) in [5, 5.41) is 13.1. The largest absolute Gasteiger partial charge is 0.390 e. The first kappa shape index (κ1) is 13.3. The summed E-state index contributed by atoms with van der Waals surface area (Å²) in [5.74, 6) is 0.196. The summed E-state index contributed by atoms with van der Waals surface area (Å²) in [7, 11) is 0. The molecule has 0 bridgehead atoms. The average Bonchev–Trinajstić information content (AvgIpc) is 2.91. The molecule has 18 heavy (non-hydrogen) atoms. The van der Waals surface area contributed by atoms with Gasteiger partial charge in [-0.15, -0.1) is 11.6 Å². The van der Waals surface area contributed by atoms with Gasteiger partial charge in [-0.25, -0.2) is 0 Å². The highest BCUT2D eigenvalue weighted by Crippen LogP contribution is 2.24. The van der Waals surface area contributed by atoms with E-state index >= 15 is 0 Å². The third-order valence-corrected chi connectivity index (χ3v) is 3.24. The fourth-order valence-corrected chi connectivity index (χ4v) is 1.89. The number of alkyl halides is 1. The van der Waals surface area contributed by atoms with Crippen molar-refractivity contribution in [2.24, 2.45) is 0 Å². The highest BCUT2D eigenvalue weighted by Gasteiger charge is 2.06. The quantitative estimate of drug-likeness (QED) is 0.828. The molecule has 0 radical (unpaired) electrons. The van der Waals surface area contributed by atoms with Crippen LogP contribution in [0.5, 0.6) is 0 Å². The van der Waals surface area contributed by atoms with Gasteiger partial charge >= 0.3 is 0 Å². The molecule has 0 aliphatic rings. The zero-order valence-electron chi connectivity index (χ0n) is 9.68. The van der Waals surface area contributed by atoms with Gasteiger partial charge in [-0.05, 0) is 30.3 Å². The molecule has 1 aromatic heterocycles. The number of nitrogens with one attached hydrogen (secondary N) is 1. The number of anilines is 1. The molecule has 0 aliphatic heterocycles. The molecule has 0 aliphatic carbocycles. The molecule has 5 heteroatoms. The molecular formula is C13H14Cl2N2O. The van der Waals surface area contributed by atoms with E-state index in [0.29, 0.717) is 11.6 Å². The molecule has 0 spiro atoms. The molecule has 1 heterocycles. The van der Waals surface area contributed by atoms with Crippen LogP contribution in [0, 0.1) is 0 Å². The van der Waals surface area contributed by atoms with Gasteiger partial charge in [-0.3, -0.25) is 0 Å². The van der Waals surface area contributed by atoms with E-state index in [4.69, 9.17) is 23.2 Å². The Morgan fingerprint density at radius 1 is 1.28 bits per heavy atom. The van der Waals surface area contributed by atoms with Gasteiger partial charge in [-0.1, -0.05) is 11.6 Å². The molecule has 96 valence electrons. The van der Waals surface area contributed by atoms with Gasteiger partial charge in [0.15, 0.2) is 0 Å². The number of aliphatic hydroxyl groups is 1. The Hall–Kier alpha value is -1.16. The maximum atomic E-state index is 9.42. The number of nitrogens with zero attached hydrogens (tertiary/aromatic N) is 1. The van der Waals surface area contributed by atoms with E-state index in [1.54, 1.807) is 0 Å². The minimum Gasteiger partial charge on any atom is -0.390 e. The molecule has 0 fully saturated rings. The van der Waals surface area contributed by atoms with Crippen LogP contribution in [0.2, 0.25) is 5.02 Å². The Morgan fingerprint density at radius 2 is 2.00 bits per heavy atom. The molecule has 1 aromatic carbocycles. The van der Waals surface area contributed by atoms with Crippen molar-refractivity contribution in [2.45, 2.75) is 6.10 Å². The number of rotatable bonds is 5. The molecule has 2 aromatic rings. The van der Waals surface area contributed by atoms with Crippen LogP contribution in [0.3, 0.4) is 0 Å². The van der Waals surface area contributed by atoms with Gasteiger partial charge in [0.05, 0.1) is 22.7 Å². The first-order chi connectivity index (χ1) is 8.70. The highest BCUT2D eigenvalue weighted by molar-refractivity contribution is 6.33. The topological polar surface area (TPSA) is 37.2 Å². The number of aromatic nitrogens is 1. The van der Waals surface area contributed by atoms with Crippen molar-refractivity contribution in [1.82, 2.24) is 4.57 Å². The highest BCUT2D eigenvalue weighted by atomic mass is 35.5. The molecule has 3 nitrogen and oxygen atoms in total. The van der Waals surface area contributed by atoms with Crippen LogP contribution in [-0.4, -0.2) is 28.2 Å². The van der Waals surface area contributed by atoms with Gasteiger partial charge in [0.25, 0.3) is 0 Å².